The zero-order valence-corrected chi connectivity index (χ0v) is 11.3. The first-order chi connectivity index (χ1) is 8.82. The summed E-state index contributed by atoms with van der Waals surface area (Å²) in [6.07, 6.45) is -4.53. The fourth-order valence-corrected chi connectivity index (χ4v) is 2.75. The van der Waals surface area contributed by atoms with Gasteiger partial charge >= 0.3 is 6.18 Å². The fourth-order valence-electron chi connectivity index (χ4n) is 1.60. The topological polar surface area (TPSA) is 39.6 Å². The van der Waals surface area contributed by atoms with Crippen molar-refractivity contribution in [3.8, 4) is 16.5 Å². The van der Waals surface area contributed by atoms with Gasteiger partial charge in [-0.2, -0.15) is 18.4 Å². The number of thiophene rings is 1. The van der Waals surface area contributed by atoms with Crippen LogP contribution in [0.5, 0.6) is 0 Å². The van der Waals surface area contributed by atoms with Gasteiger partial charge in [0.1, 0.15) is 16.4 Å². The minimum atomic E-state index is -4.53. The van der Waals surface area contributed by atoms with Crippen molar-refractivity contribution in [3.05, 3.63) is 39.0 Å². The number of nitriles is 1. The summed E-state index contributed by atoms with van der Waals surface area (Å²) >= 11 is 6.15. The summed E-state index contributed by atoms with van der Waals surface area (Å²) in [6.45, 7) is 1.84. The number of hydrogen-bond acceptors (Lipinski definition) is 3. The third kappa shape index (κ3) is 2.69. The van der Waals surface area contributed by atoms with Crippen LogP contribution in [0.3, 0.4) is 0 Å². The summed E-state index contributed by atoms with van der Waals surface area (Å²) in [7, 11) is 0. The molecule has 7 heteroatoms. The second-order valence-corrected chi connectivity index (χ2v) is 5.52. The van der Waals surface area contributed by atoms with Crippen LogP contribution in [-0.4, -0.2) is 4.98 Å². The van der Waals surface area contributed by atoms with Crippen molar-refractivity contribution in [3.63, 3.8) is 0 Å². The first-order valence-electron chi connectivity index (χ1n) is 5.14. The molecule has 2 aromatic heterocycles. The standard InChI is InChI=1S/C12H7F3N2S2/c1-6-2-3-9(19-6)7-4-10(12(13,14)15)17-11(18)8(7)5-16/h2-4H,1H3,(H,17,18). The minimum absolute atomic E-state index is 0.0600. The van der Waals surface area contributed by atoms with E-state index in [2.05, 4.69) is 4.98 Å². The van der Waals surface area contributed by atoms with Crippen molar-refractivity contribution in [1.82, 2.24) is 4.98 Å². The number of pyridine rings is 1. The molecule has 0 saturated heterocycles. The van der Waals surface area contributed by atoms with Gasteiger partial charge in [-0.05, 0) is 25.1 Å². The number of alkyl halides is 3. The van der Waals surface area contributed by atoms with Crippen LogP contribution in [0.25, 0.3) is 10.4 Å². The summed E-state index contributed by atoms with van der Waals surface area (Å²) in [4.78, 5) is 3.60. The minimum Gasteiger partial charge on any atom is -0.341 e. The number of aryl methyl sites for hydroxylation is 1. The summed E-state index contributed by atoms with van der Waals surface area (Å²) < 4.78 is 38.0. The second kappa shape index (κ2) is 4.79. The van der Waals surface area contributed by atoms with Crippen molar-refractivity contribution in [2.45, 2.75) is 13.1 Å². The van der Waals surface area contributed by atoms with Crippen LogP contribution in [0, 0.1) is 22.9 Å². The molecular weight excluding hydrogens is 293 g/mol. The number of aromatic amines is 1. The molecule has 0 amide bonds. The summed E-state index contributed by atoms with van der Waals surface area (Å²) in [5, 5.41) is 9.05. The van der Waals surface area contributed by atoms with Crippen LogP contribution >= 0.6 is 23.6 Å². The molecule has 0 bridgehead atoms. The van der Waals surface area contributed by atoms with Crippen LogP contribution < -0.4 is 0 Å². The molecule has 2 heterocycles. The SMILES string of the molecule is Cc1ccc(-c2cc(C(F)(F)F)[nH]c(=S)c2C#N)s1. The lowest BCUT2D eigenvalue weighted by molar-refractivity contribution is -0.141. The lowest BCUT2D eigenvalue weighted by atomic mass is 10.1. The van der Waals surface area contributed by atoms with Gasteiger partial charge in [-0.15, -0.1) is 11.3 Å². The zero-order valence-electron chi connectivity index (χ0n) is 9.63. The lowest BCUT2D eigenvalue weighted by Gasteiger charge is -2.10. The normalized spacial score (nSPS) is 11.3. The molecule has 0 fully saturated rings. The van der Waals surface area contributed by atoms with Crippen LogP contribution in [0.2, 0.25) is 0 Å². The Balaban J connectivity index is 2.75. The first-order valence-corrected chi connectivity index (χ1v) is 6.37. The number of nitrogens with one attached hydrogen (secondary N) is 1. The monoisotopic (exact) mass is 300 g/mol. The Morgan fingerprint density at radius 1 is 1.37 bits per heavy atom. The van der Waals surface area contributed by atoms with E-state index >= 15 is 0 Å². The summed E-state index contributed by atoms with van der Waals surface area (Å²) in [5.41, 5.74) is -0.668. The Bertz CT molecular complexity index is 720. The number of rotatable bonds is 1. The van der Waals surface area contributed by atoms with Crippen LogP contribution in [0.4, 0.5) is 13.2 Å². The Labute approximate surface area is 116 Å². The number of nitrogens with zero attached hydrogens (tertiary/aromatic N) is 1. The first kappa shape index (κ1) is 13.8. The maximum absolute atomic E-state index is 12.7. The zero-order chi connectivity index (χ0) is 14.2. The van der Waals surface area contributed by atoms with Gasteiger partial charge in [0, 0.05) is 15.3 Å². The molecule has 0 aliphatic rings. The average molecular weight is 300 g/mol. The molecule has 98 valence electrons. The molecule has 2 nitrogen and oxygen atoms in total. The highest BCUT2D eigenvalue weighted by Gasteiger charge is 2.32. The lowest BCUT2D eigenvalue weighted by Crippen LogP contribution is -2.09. The fraction of sp³-hybridized carbons (Fsp3) is 0.167. The predicted octanol–water partition coefficient (Wildman–Crippen LogP) is 4.67. The molecule has 0 spiro atoms. The molecule has 0 aliphatic carbocycles. The molecular formula is C12H7F3N2S2. The van der Waals surface area contributed by atoms with E-state index in [1.54, 1.807) is 12.1 Å². The highest BCUT2D eigenvalue weighted by Crippen LogP contribution is 2.35. The van der Waals surface area contributed by atoms with Gasteiger partial charge in [0.2, 0.25) is 0 Å². The van der Waals surface area contributed by atoms with Gasteiger partial charge in [-0.25, -0.2) is 0 Å². The largest absolute Gasteiger partial charge is 0.431 e. The molecule has 0 aliphatic heterocycles. The van der Waals surface area contributed by atoms with Gasteiger partial charge in [0.15, 0.2) is 0 Å². The second-order valence-electron chi connectivity index (χ2n) is 3.82. The Morgan fingerprint density at radius 2 is 2.05 bits per heavy atom. The molecule has 2 aromatic rings. The maximum Gasteiger partial charge on any atom is 0.431 e. The number of halogens is 3. The smallest absolute Gasteiger partial charge is 0.341 e. The molecule has 2 rings (SSSR count). The van der Waals surface area contributed by atoms with E-state index in [4.69, 9.17) is 17.5 Å². The molecule has 0 unspecified atom stereocenters. The van der Waals surface area contributed by atoms with Gasteiger partial charge in [0.05, 0.1) is 5.56 Å². The average Bonchev–Trinajstić information content (AvgIpc) is 2.73. The molecule has 0 atom stereocenters. The van der Waals surface area contributed by atoms with Gasteiger partial charge in [0.25, 0.3) is 0 Å². The van der Waals surface area contributed by atoms with Crippen LogP contribution in [-0.2, 0) is 6.18 Å². The third-order valence-electron chi connectivity index (χ3n) is 2.46. The van der Waals surface area contributed by atoms with Crippen molar-refractivity contribution >= 4 is 23.6 Å². The number of H-pyrrole nitrogens is 1. The highest BCUT2D eigenvalue weighted by atomic mass is 32.1. The van der Waals surface area contributed by atoms with Crippen molar-refractivity contribution < 1.29 is 13.2 Å². The van der Waals surface area contributed by atoms with Gasteiger partial charge in [-0.3, -0.25) is 0 Å². The van der Waals surface area contributed by atoms with Crippen LogP contribution in [0.1, 0.15) is 16.1 Å². The molecule has 0 saturated carbocycles. The summed E-state index contributed by atoms with van der Waals surface area (Å²) in [6, 6.07) is 6.26. The molecule has 0 radical (unpaired) electrons. The van der Waals surface area contributed by atoms with E-state index in [0.29, 0.717) is 4.88 Å². The number of hydrogen-bond donors (Lipinski definition) is 1. The Kier molecular flexibility index (Phi) is 3.47. The van der Waals surface area contributed by atoms with Crippen molar-refractivity contribution in [2.75, 3.05) is 0 Å². The van der Waals surface area contributed by atoms with E-state index in [0.717, 1.165) is 10.9 Å². The number of aromatic nitrogens is 1. The van der Waals surface area contributed by atoms with E-state index in [-0.39, 0.29) is 15.8 Å². The van der Waals surface area contributed by atoms with E-state index < -0.39 is 11.9 Å². The molecule has 0 aromatic carbocycles. The quantitative estimate of drug-likeness (QED) is 0.777. The Morgan fingerprint density at radius 3 is 2.53 bits per heavy atom. The van der Waals surface area contributed by atoms with E-state index in [9.17, 15) is 13.2 Å². The van der Waals surface area contributed by atoms with Crippen molar-refractivity contribution in [1.29, 1.82) is 5.26 Å². The molecule has 1 N–H and O–H groups in total. The van der Waals surface area contributed by atoms with E-state index in [1.165, 1.54) is 11.3 Å². The van der Waals surface area contributed by atoms with Crippen molar-refractivity contribution in [2.24, 2.45) is 0 Å². The van der Waals surface area contributed by atoms with Gasteiger partial charge in [-0.1, -0.05) is 12.2 Å². The Hall–Kier alpha value is -1.65. The maximum atomic E-state index is 12.7. The highest BCUT2D eigenvalue weighted by molar-refractivity contribution is 7.71. The van der Waals surface area contributed by atoms with E-state index in [1.807, 2.05) is 13.0 Å². The summed E-state index contributed by atoms with van der Waals surface area (Å²) in [5.74, 6) is 0. The van der Waals surface area contributed by atoms with Gasteiger partial charge < -0.3 is 4.98 Å². The molecule has 19 heavy (non-hydrogen) atoms. The predicted molar refractivity (Wildman–Crippen MR) is 69.4 cm³/mol. The van der Waals surface area contributed by atoms with Crippen LogP contribution in [0.15, 0.2) is 18.2 Å². The third-order valence-corrected chi connectivity index (χ3v) is 3.80.